The number of aliphatic hydroxyl groups is 1. The zero-order valence-electron chi connectivity index (χ0n) is 16.2. The number of nitrogens with one attached hydrogen (secondary N) is 1. The van der Waals surface area contributed by atoms with Gasteiger partial charge in [0.05, 0.1) is 12.0 Å². The van der Waals surface area contributed by atoms with Crippen LogP contribution >= 0.6 is 0 Å². The van der Waals surface area contributed by atoms with E-state index < -0.39 is 6.10 Å². The number of ketones is 1. The highest BCUT2D eigenvalue weighted by Gasteiger charge is 2.23. The molecule has 0 spiro atoms. The van der Waals surface area contributed by atoms with Crippen LogP contribution in [0, 0.1) is 0 Å². The molecule has 0 fully saturated rings. The molecule has 0 aliphatic rings. The molecule has 0 aliphatic carbocycles. The Morgan fingerprint density at radius 1 is 0.821 bits per heavy atom. The Bertz CT molecular complexity index is 849. The van der Waals surface area contributed by atoms with Crippen LogP contribution in [-0.4, -0.2) is 23.5 Å². The average Bonchev–Trinajstić information content (AvgIpc) is 2.75. The highest BCUT2D eigenvalue weighted by Crippen LogP contribution is 2.21. The topological polar surface area (TPSA) is 49.3 Å². The Morgan fingerprint density at radius 2 is 1.32 bits per heavy atom. The van der Waals surface area contributed by atoms with Crippen LogP contribution in [0.3, 0.4) is 0 Å². The molecule has 0 aromatic heterocycles. The van der Waals surface area contributed by atoms with Gasteiger partial charge in [0.15, 0.2) is 0 Å². The molecule has 0 aliphatic heterocycles. The SMILES string of the molecule is CC(NCC(C(=O)Cc1ccccc1)c1ccccc1)C(O)c1ccccc1. The van der Waals surface area contributed by atoms with Crippen molar-refractivity contribution in [3.8, 4) is 0 Å². The molecule has 3 unspecified atom stereocenters. The van der Waals surface area contributed by atoms with Gasteiger partial charge in [0, 0.05) is 19.0 Å². The van der Waals surface area contributed by atoms with Gasteiger partial charge in [-0.15, -0.1) is 0 Å². The number of hydrogen-bond acceptors (Lipinski definition) is 3. The third-order valence-corrected chi connectivity index (χ3v) is 5.07. The van der Waals surface area contributed by atoms with E-state index in [1.807, 2.05) is 97.9 Å². The van der Waals surface area contributed by atoms with Crippen molar-refractivity contribution in [1.29, 1.82) is 0 Å². The van der Waals surface area contributed by atoms with Crippen LogP contribution in [0.25, 0.3) is 0 Å². The standard InChI is InChI=1S/C25H27NO2/c1-19(25(28)22-15-9-4-10-16-22)26-18-23(21-13-7-3-8-14-21)24(27)17-20-11-5-2-6-12-20/h2-16,19,23,25-26,28H,17-18H2,1H3. The fourth-order valence-electron chi connectivity index (χ4n) is 3.38. The summed E-state index contributed by atoms with van der Waals surface area (Å²) in [4.78, 5) is 13.1. The van der Waals surface area contributed by atoms with E-state index in [-0.39, 0.29) is 17.7 Å². The molecule has 0 saturated carbocycles. The first kappa shape index (κ1) is 20.0. The second-order valence-electron chi connectivity index (χ2n) is 7.14. The summed E-state index contributed by atoms with van der Waals surface area (Å²) in [6.45, 7) is 2.43. The van der Waals surface area contributed by atoms with Gasteiger partial charge in [-0.25, -0.2) is 0 Å². The van der Waals surface area contributed by atoms with Gasteiger partial charge in [0.25, 0.3) is 0 Å². The van der Waals surface area contributed by atoms with Gasteiger partial charge in [-0.1, -0.05) is 91.0 Å². The Labute approximate surface area is 167 Å². The molecule has 2 N–H and O–H groups in total. The van der Waals surface area contributed by atoms with Crippen molar-refractivity contribution in [3.63, 3.8) is 0 Å². The van der Waals surface area contributed by atoms with Gasteiger partial charge in [-0.2, -0.15) is 0 Å². The summed E-state index contributed by atoms with van der Waals surface area (Å²) in [5.74, 6) is -0.0851. The molecule has 3 rings (SSSR count). The molecular formula is C25H27NO2. The first-order valence-corrected chi connectivity index (χ1v) is 9.73. The first-order chi connectivity index (χ1) is 13.6. The van der Waals surface area contributed by atoms with E-state index in [1.165, 1.54) is 0 Å². The van der Waals surface area contributed by atoms with Gasteiger partial charge < -0.3 is 10.4 Å². The monoisotopic (exact) mass is 373 g/mol. The summed E-state index contributed by atoms with van der Waals surface area (Å²) in [5.41, 5.74) is 2.89. The van der Waals surface area contributed by atoms with Crippen molar-refractivity contribution in [2.24, 2.45) is 0 Å². The van der Waals surface area contributed by atoms with E-state index in [2.05, 4.69) is 5.32 Å². The van der Waals surface area contributed by atoms with E-state index in [0.717, 1.165) is 16.7 Å². The van der Waals surface area contributed by atoms with Gasteiger partial charge in [0.2, 0.25) is 0 Å². The third kappa shape index (κ3) is 5.38. The van der Waals surface area contributed by atoms with Crippen molar-refractivity contribution in [2.45, 2.75) is 31.4 Å². The molecule has 3 aromatic carbocycles. The Morgan fingerprint density at radius 3 is 1.89 bits per heavy atom. The van der Waals surface area contributed by atoms with Gasteiger partial charge in [-0.05, 0) is 23.6 Å². The Kier molecular flexibility index (Phi) is 7.12. The van der Waals surface area contributed by atoms with Crippen molar-refractivity contribution < 1.29 is 9.90 Å². The number of aliphatic hydroxyl groups excluding tert-OH is 1. The predicted octanol–water partition coefficient (Wildman–Crippen LogP) is 4.29. The minimum Gasteiger partial charge on any atom is -0.387 e. The molecule has 28 heavy (non-hydrogen) atoms. The second kappa shape index (κ2) is 9.98. The fraction of sp³-hybridized carbons (Fsp3) is 0.240. The summed E-state index contributed by atoms with van der Waals surface area (Å²) in [6.07, 6.45) is -0.223. The number of Topliss-reactive ketones (excluding diaryl/α,β-unsaturated/α-hetero) is 1. The van der Waals surface area contributed by atoms with Crippen LogP contribution < -0.4 is 5.32 Å². The Balaban J connectivity index is 1.70. The summed E-state index contributed by atoms with van der Waals surface area (Å²) in [7, 11) is 0. The smallest absolute Gasteiger partial charge is 0.145 e. The number of carbonyl (C=O) groups excluding carboxylic acids is 1. The van der Waals surface area contributed by atoms with Crippen LogP contribution in [0.2, 0.25) is 0 Å². The fourth-order valence-corrected chi connectivity index (χ4v) is 3.38. The predicted molar refractivity (Wildman–Crippen MR) is 113 cm³/mol. The van der Waals surface area contributed by atoms with E-state index in [4.69, 9.17) is 0 Å². The molecule has 0 saturated heterocycles. The second-order valence-corrected chi connectivity index (χ2v) is 7.14. The van der Waals surface area contributed by atoms with Crippen molar-refractivity contribution in [1.82, 2.24) is 5.32 Å². The summed E-state index contributed by atoms with van der Waals surface area (Å²) >= 11 is 0. The minimum atomic E-state index is -0.623. The quantitative estimate of drug-likeness (QED) is 0.588. The van der Waals surface area contributed by atoms with Crippen molar-refractivity contribution >= 4 is 5.78 Å². The lowest BCUT2D eigenvalue weighted by Crippen LogP contribution is -2.37. The molecule has 0 bridgehead atoms. The summed E-state index contributed by atoms with van der Waals surface area (Å²) < 4.78 is 0. The molecule has 3 aromatic rings. The maximum Gasteiger partial charge on any atom is 0.145 e. The van der Waals surface area contributed by atoms with E-state index >= 15 is 0 Å². The molecule has 3 nitrogen and oxygen atoms in total. The minimum absolute atomic E-state index is 0.168. The van der Waals surface area contributed by atoms with E-state index in [0.29, 0.717) is 13.0 Å². The molecule has 0 amide bonds. The normalized spacial score (nSPS) is 14.2. The van der Waals surface area contributed by atoms with E-state index in [1.54, 1.807) is 0 Å². The Hall–Kier alpha value is -2.75. The van der Waals surface area contributed by atoms with Crippen molar-refractivity contribution in [2.75, 3.05) is 6.54 Å². The molecule has 144 valence electrons. The summed E-state index contributed by atoms with van der Waals surface area (Å²) in [5, 5.41) is 14.0. The van der Waals surface area contributed by atoms with Crippen LogP contribution in [0.5, 0.6) is 0 Å². The molecule has 3 heteroatoms. The third-order valence-electron chi connectivity index (χ3n) is 5.07. The van der Waals surface area contributed by atoms with Crippen LogP contribution in [0.15, 0.2) is 91.0 Å². The van der Waals surface area contributed by atoms with Crippen LogP contribution in [-0.2, 0) is 11.2 Å². The molecule has 0 heterocycles. The van der Waals surface area contributed by atoms with Gasteiger partial charge in [-0.3, -0.25) is 4.79 Å². The highest BCUT2D eigenvalue weighted by atomic mass is 16.3. The van der Waals surface area contributed by atoms with Gasteiger partial charge >= 0.3 is 0 Å². The highest BCUT2D eigenvalue weighted by molar-refractivity contribution is 5.87. The van der Waals surface area contributed by atoms with Crippen LogP contribution in [0.1, 0.15) is 35.6 Å². The van der Waals surface area contributed by atoms with Crippen LogP contribution in [0.4, 0.5) is 0 Å². The maximum atomic E-state index is 13.1. The average molecular weight is 373 g/mol. The lowest BCUT2D eigenvalue weighted by Gasteiger charge is -2.24. The molecular weight excluding hydrogens is 346 g/mol. The molecule has 3 atom stereocenters. The first-order valence-electron chi connectivity index (χ1n) is 9.73. The lowest BCUT2D eigenvalue weighted by atomic mass is 9.90. The largest absolute Gasteiger partial charge is 0.387 e. The molecule has 0 radical (unpaired) electrons. The number of rotatable bonds is 9. The summed E-state index contributed by atoms with van der Waals surface area (Å²) in [6, 6.07) is 29.1. The number of benzene rings is 3. The lowest BCUT2D eigenvalue weighted by molar-refractivity contribution is -0.119. The van der Waals surface area contributed by atoms with Gasteiger partial charge in [0.1, 0.15) is 5.78 Å². The van der Waals surface area contributed by atoms with Crippen molar-refractivity contribution in [3.05, 3.63) is 108 Å². The maximum absolute atomic E-state index is 13.1. The number of hydrogen-bond donors (Lipinski definition) is 2. The zero-order chi connectivity index (χ0) is 19.8. The van der Waals surface area contributed by atoms with E-state index in [9.17, 15) is 9.90 Å². The number of carbonyl (C=O) groups is 1. The zero-order valence-corrected chi connectivity index (χ0v) is 16.2.